The normalized spacial score (nSPS) is 11.0. The average Bonchev–Trinajstić information content (AvgIpc) is 3.48. The van der Waals surface area contributed by atoms with E-state index in [2.05, 4.69) is 41.3 Å². The molecule has 0 aliphatic carbocycles. The largest absolute Gasteiger partial charge is 0.336 e. The van der Waals surface area contributed by atoms with Crippen LogP contribution in [0.15, 0.2) is 77.8 Å². The number of hydrogen-bond acceptors (Lipinski definition) is 6. The van der Waals surface area contributed by atoms with Gasteiger partial charge in [0.25, 0.3) is 11.8 Å². The smallest absolute Gasteiger partial charge is 0.275 e. The van der Waals surface area contributed by atoms with Crippen LogP contribution >= 0.6 is 15.9 Å². The van der Waals surface area contributed by atoms with Gasteiger partial charge in [0.2, 0.25) is 5.78 Å². The molecule has 180 valence electrons. The van der Waals surface area contributed by atoms with Gasteiger partial charge in [0.05, 0.1) is 29.7 Å². The maximum Gasteiger partial charge on any atom is 0.275 e. The first kappa shape index (κ1) is 23.4. The fraction of sp³-hybridized carbons (Fsp3) is 0.120. The zero-order valence-corrected chi connectivity index (χ0v) is 21.0. The van der Waals surface area contributed by atoms with Crippen molar-refractivity contribution in [1.29, 1.82) is 0 Å². The highest BCUT2D eigenvalue weighted by atomic mass is 79.9. The van der Waals surface area contributed by atoms with Crippen LogP contribution in [0.1, 0.15) is 26.5 Å². The number of hydrogen-bond donors (Lipinski definition) is 1. The highest BCUT2D eigenvalue weighted by Gasteiger charge is 2.25. The lowest BCUT2D eigenvalue weighted by Gasteiger charge is -2.17. The summed E-state index contributed by atoms with van der Waals surface area (Å²) < 4.78 is 4.00. The van der Waals surface area contributed by atoms with Crippen molar-refractivity contribution in [2.45, 2.75) is 6.54 Å². The van der Waals surface area contributed by atoms with Crippen LogP contribution in [-0.2, 0) is 13.6 Å². The van der Waals surface area contributed by atoms with E-state index < -0.39 is 5.91 Å². The monoisotopic (exact) mass is 544 g/mol. The first-order valence-electron chi connectivity index (χ1n) is 11.0. The van der Waals surface area contributed by atoms with E-state index in [0.717, 1.165) is 21.4 Å². The van der Waals surface area contributed by atoms with Gasteiger partial charge in [-0.3, -0.25) is 23.7 Å². The summed E-state index contributed by atoms with van der Waals surface area (Å²) in [5.74, 6) is -0.0956. The van der Waals surface area contributed by atoms with Crippen molar-refractivity contribution < 1.29 is 9.59 Å². The second-order valence-electron chi connectivity index (χ2n) is 8.13. The van der Waals surface area contributed by atoms with E-state index >= 15 is 0 Å². The number of halogens is 1. The fourth-order valence-electron chi connectivity index (χ4n) is 3.75. The van der Waals surface area contributed by atoms with Crippen molar-refractivity contribution in [3.05, 3.63) is 94.7 Å². The highest BCUT2D eigenvalue weighted by molar-refractivity contribution is 9.10. The van der Waals surface area contributed by atoms with Crippen LogP contribution in [0, 0.1) is 0 Å². The van der Waals surface area contributed by atoms with Crippen molar-refractivity contribution in [2.24, 2.45) is 7.05 Å². The van der Waals surface area contributed by atoms with Crippen molar-refractivity contribution >= 4 is 39.3 Å². The molecule has 0 saturated heterocycles. The Hall–Kier alpha value is -4.38. The van der Waals surface area contributed by atoms with Crippen LogP contribution in [-0.4, -0.2) is 52.9 Å². The number of fused-ring (bicyclic) bond motifs is 1. The number of nitrogens with one attached hydrogen (secondary N) is 1. The first-order chi connectivity index (χ1) is 17.4. The second kappa shape index (κ2) is 9.70. The van der Waals surface area contributed by atoms with E-state index in [1.165, 1.54) is 15.8 Å². The molecule has 0 unspecified atom stereocenters. The van der Waals surface area contributed by atoms with E-state index in [0.29, 0.717) is 11.6 Å². The van der Waals surface area contributed by atoms with Crippen molar-refractivity contribution in [2.75, 3.05) is 12.4 Å². The Bertz CT molecular complexity index is 1560. The van der Waals surface area contributed by atoms with Gasteiger partial charge >= 0.3 is 0 Å². The zero-order chi connectivity index (χ0) is 25.2. The molecule has 1 aromatic carbocycles. The molecule has 0 atom stereocenters. The van der Waals surface area contributed by atoms with Gasteiger partial charge in [0, 0.05) is 42.7 Å². The Labute approximate surface area is 214 Å². The van der Waals surface area contributed by atoms with Crippen molar-refractivity contribution in [3.63, 3.8) is 0 Å². The number of benzene rings is 1. The number of nitrogens with zero attached hydrogens (tertiary/aromatic N) is 7. The topological polar surface area (TPSA) is 110 Å². The molecule has 10 nitrogen and oxygen atoms in total. The Morgan fingerprint density at radius 3 is 2.61 bits per heavy atom. The molecule has 1 N–H and O–H groups in total. The number of aryl methyl sites for hydroxylation is 1. The molecule has 0 aliphatic rings. The molecule has 2 amide bonds. The summed E-state index contributed by atoms with van der Waals surface area (Å²) in [5.41, 5.74) is 2.77. The Morgan fingerprint density at radius 1 is 1.06 bits per heavy atom. The van der Waals surface area contributed by atoms with Gasteiger partial charge in [-0.2, -0.15) is 10.1 Å². The average molecular weight is 545 g/mol. The van der Waals surface area contributed by atoms with Gasteiger partial charge in [0.15, 0.2) is 0 Å². The molecule has 11 heteroatoms. The molecule has 0 bridgehead atoms. The molecule has 0 aliphatic heterocycles. The number of pyridine rings is 1. The van der Waals surface area contributed by atoms with Gasteiger partial charge < -0.3 is 10.2 Å². The molecule has 36 heavy (non-hydrogen) atoms. The van der Waals surface area contributed by atoms with Crippen molar-refractivity contribution in [1.82, 2.24) is 34.0 Å². The maximum atomic E-state index is 13.2. The summed E-state index contributed by atoms with van der Waals surface area (Å²) in [4.78, 5) is 41.1. The van der Waals surface area contributed by atoms with Gasteiger partial charge in [-0.1, -0.05) is 30.3 Å². The second-order valence-corrected chi connectivity index (χ2v) is 9.04. The van der Waals surface area contributed by atoms with E-state index in [1.54, 1.807) is 37.0 Å². The lowest BCUT2D eigenvalue weighted by atomic mass is 10.2. The minimum atomic E-state index is -0.500. The summed E-state index contributed by atoms with van der Waals surface area (Å²) >= 11 is 3.35. The molecule has 5 rings (SSSR count). The van der Waals surface area contributed by atoms with Crippen LogP contribution in [0.25, 0.3) is 17.0 Å². The van der Waals surface area contributed by atoms with Crippen LogP contribution in [0.5, 0.6) is 0 Å². The molecule has 4 aromatic heterocycles. The van der Waals surface area contributed by atoms with E-state index in [-0.39, 0.29) is 23.7 Å². The summed E-state index contributed by atoms with van der Waals surface area (Å²) in [5, 5.41) is 6.90. The van der Waals surface area contributed by atoms with Crippen LogP contribution in [0.2, 0.25) is 0 Å². The maximum absolute atomic E-state index is 13.2. The van der Waals surface area contributed by atoms with E-state index in [4.69, 9.17) is 0 Å². The molecule has 0 spiro atoms. The Kier molecular flexibility index (Phi) is 6.30. The lowest BCUT2D eigenvalue weighted by Crippen LogP contribution is -2.29. The minimum Gasteiger partial charge on any atom is -0.336 e. The van der Waals surface area contributed by atoms with Crippen molar-refractivity contribution in [3.8, 4) is 11.3 Å². The number of carbonyl (C=O) groups excluding carboxylic acids is 2. The quantitative estimate of drug-likeness (QED) is 0.348. The number of carbonyl (C=O) groups is 2. The molecule has 4 heterocycles. The Balaban J connectivity index is 1.35. The first-order valence-corrected chi connectivity index (χ1v) is 11.8. The third kappa shape index (κ3) is 4.73. The van der Waals surface area contributed by atoms with Crippen LogP contribution < -0.4 is 5.32 Å². The number of anilines is 1. The lowest BCUT2D eigenvalue weighted by molar-refractivity contribution is 0.0778. The van der Waals surface area contributed by atoms with Gasteiger partial charge in [-0.25, -0.2) is 4.98 Å². The summed E-state index contributed by atoms with van der Waals surface area (Å²) in [6, 6.07) is 15.1. The van der Waals surface area contributed by atoms with E-state index in [9.17, 15) is 9.59 Å². The number of aromatic nitrogens is 6. The van der Waals surface area contributed by atoms with Gasteiger partial charge in [-0.05, 0) is 34.1 Å². The zero-order valence-electron chi connectivity index (χ0n) is 19.5. The SMILES string of the molecule is CN(Cc1ccc(Br)cn1)C(=O)c1cnn(C)c1C(=O)Nc1ccn2cc(-c3ccccc3)nc2n1. The molecule has 5 aromatic rings. The molecular formula is C25H21BrN8O2. The number of amides is 2. The molecule has 0 fully saturated rings. The standard InChI is InChI=1S/C25H21BrN8O2/c1-32(14-18-9-8-17(26)12-27-18)24(36)19-13-28-33(2)22(19)23(35)30-21-10-11-34-15-20(29-25(34)31-21)16-6-4-3-5-7-16/h3-13,15H,14H2,1-2H3,(H,29,30,31,35). The number of rotatable bonds is 6. The fourth-order valence-corrected chi connectivity index (χ4v) is 3.98. The number of imidazole rings is 1. The summed E-state index contributed by atoms with van der Waals surface area (Å²) in [6.45, 7) is 0.282. The summed E-state index contributed by atoms with van der Waals surface area (Å²) in [7, 11) is 3.26. The predicted octanol–water partition coefficient (Wildman–Crippen LogP) is 3.81. The predicted molar refractivity (Wildman–Crippen MR) is 137 cm³/mol. The molecule has 0 saturated carbocycles. The molecular weight excluding hydrogens is 524 g/mol. The van der Waals surface area contributed by atoms with Crippen LogP contribution in [0.3, 0.4) is 0 Å². The molecule has 0 radical (unpaired) electrons. The third-order valence-corrected chi connectivity index (χ3v) is 6.03. The van der Waals surface area contributed by atoms with Crippen LogP contribution in [0.4, 0.5) is 5.82 Å². The minimum absolute atomic E-state index is 0.130. The van der Waals surface area contributed by atoms with Gasteiger partial charge in [0.1, 0.15) is 11.5 Å². The van der Waals surface area contributed by atoms with Gasteiger partial charge in [-0.15, -0.1) is 0 Å². The third-order valence-electron chi connectivity index (χ3n) is 5.56. The van der Waals surface area contributed by atoms with E-state index in [1.807, 2.05) is 48.7 Å². The summed E-state index contributed by atoms with van der Waals surface area (Å²) in [6.07, 6.45) is 6.70. The Morgan fingerprint density at radius 2 is 1.86 bits per heavy atom. The highest BCUT2D eigenvalue weighted by Crippen LogP contribution is 2.20.